The summed E-state index contributed by atoms with van der Waals surface area (Å²) in [5.74, 6) is 0.749. The van der Waals surface area contributed by atoms with E-state index in [0.29, 0.717) is 5.92 Å². The first-order chi connectivity index (χ1) is 9.08. The minimum Gasteiger partial charge on any atom is -0.384 e. The van der Waals surface area contributed by atoms with Gasteiger partial charge in [0.1, 0.15) is 5.84 Å². The zero-order chi connectivity index (χ0) is 13.8. The molecule has 4 nitrogen and oxygen atoms in total. The Morgan fingerprint density at radius 2 is 2.32 bits per heavy atom. The van der Waals surface area contributed by atoms with Gasteiger partial charge in [-0.1, -0.05) is 0 Å². The van der Waals surface area contributed by atoms with Crippen LogP contribution < -0.4 is 10.6 Å². The summed E-state index contributed by atoms with van der Waals surface area (Å²) in [6.07, 6.45) is 2.41. The van der Waals surface area contributed by atoms with Crippen molar-refractivity contribution in [1.29, 1.82) is 5.41 Å². The molecule has 1 fully saturated rings. The lowest BCUT2D eigenvalue weighted by molar-refractivity contribution is 0.0576. The molecule has 0 amide bonds. The van der Waals surface area contributed by atoms with Crippen LogP contribution >= 0.6 is 0 Å². The van der Waals surface area contributed by atoms with Crippen molar-refractivity contribution in [2.75, 3.05) is 31.7 Å². The van der Waals surface area contributed by atoms with Gasteiger partial charge in [-0.3, -0.25) is 5.41 Å². The SMILES string of the molecule is Cc1cc(N(C)CC2CCCOC2)ccc1C(=N)N. The number of nitrogen functional groups attached to an aromatic ring is 1. The molecular formula is C15H23N3O. The Balaban J connectivity index is 2.04. The summed E-state index contributed by atoms with van der Waals surface area (Å²) < 4.78 is 5.52. The standard InChI is InChI=1S/C15H23N3O/c1-11-8-13(5-6-14(11)15(16)17)18(2)9-12-4-3-7-19-10-12/h5-6,8,12H,3-4,7,9-10H2,1-2H3,(H3,16,17). The highest BCUT2D eigenvalue weighted by Crippen LogP contribution is 2.21. The summed E-state index contributed by atoms with van der Waals surface area (Å²) >= 11 is 0. The third kappa shape index (κ3) is 3.47. The molecule has 0 aromatic heterocycles. The largest absolute Gasteiger partial charge is 0.384 e. The zero-order valence-electron chi connectivity index (χ0n) is 11.8. The minimum absolute atomic E-state index is 0.132. The molecule has 3 N–H and O–H groups in total. The van der Waals surface area contributed by atoms with Gasteiger partial charge >= 0.3 is 0 Å². The predicted octanol–water partition coefficient (Wildman–Crippen LogP) is 2.14. The lowest BCUT2D eigenvalue weighted by Gasteiger charge is -2.28. The quantitative estimate of drug-likeness (QED) is 0.645. The topological polar surface area (TPSA) is 62.3 Å². The number of amidine groups is 1. The number of anilines is 1. The fraction of sp³-hybridized carbons (Fsp3) is 0.533. The van der Waals surface area contributed by atoms with Gasteiger partial charge in [-0.15, -0.1) is 0 Å². The maximum atomic E-state index is 7.51. The van der Waals surface area contributed by atoms with Crippen molar-refractivity contribution in [2.45, 2.75) is 19.8 Å². The van der Waals surface area contributed by atoms with Crippen LogP contribution in [0.4, 0.5) is 5.69 Å². The molecule has 1 aromatic carbocycles. The number of nitrogens with zero attached hydrogens (tertiary/aromatic N) is 1. The first-order valence-corrected chi connectivity index (χ1v) is 6.82. The molecule has 104 valence electrons. The van der Waals surface area contributed by atoms with Gasteiger partial charge in [-0.2, -0.15) is 0 Å². The van der Waals surface area contributed by atoms with Crippen molar-refractivity contribution in [2.24, 2.45) is 11.7 Å². The third-order valence-electron chi connectivity index (χ3n) is 3.73. The molecule has 0 bridgehead atoms. The van der Waals surface area contributed by atoms with Gasteiger partial charge in [0.25, 0.3) is 0 Å². The van der Waals surface area contributed by atoms with Crippen molar-refractivity contribution >= 4 is 11.5 Å². The van der Waals surface area contributed by atoms with Crippen LogP contribution in [0.3, 0.4) is 0 Å². The van der Waals surface area contributed by atoms with Crippen molar-refractivity contribution in [1.82, 2.24) is 0 Å². The summed E-state index contributed by atoms with van der Waals surface area (Å²) in [6, 6.07) is 6.06. The number of aryl methyl sites for hydroxylation is 1. The van der Waals surface area contributed by atoms with Crippen LogP contribution in [0.15, 0.2) is 18.2 Å². The van der Waals surface area contributed by atoms with E-state index < -0.39 is 0 Å². The molecule has 1 aromatic rings. The third-order valence-corrected chi connectivity index (χ3v) is 3.73. The molecule has 1 heterocycles. The zero-order valence-corrected chi connectivity index (χ0v) is 11.8. The lowest BCUT2D eigenvalue weighted by atomic mass is 10.0. The van der Waals surface area contributed by atoms with E-state index in [1.54, 1.807) is 0 Å². The Bertz CT molecular complexity index is 453. The van der Waals surface area contributed by atoms with E-state index in [2.05, 4.69) is 18.0 Å². The molecule has 0 saturated carbocycles. The smallest absolute Gasteiger partial charge is 0.123 e. The number of rotatable bonds is 4. The van der Waals surface area contributed by atoms with Gasteiger partial charge in [0.15, 0.2) is 0 Å². The average molecular weight is 261 g/mol. The van der Waals surface area contributed by atoms with E-state index in [9.17, 15) is 0 Å². The molecule has 4 heteroatoms. The number of hydrogen-bond donors (Lipinski definition) is 2. The van der Waals surface area contributed by atoms with E-state index in [-0.39, 0.29) is 5.84 Å². The second-order valence-corrected chi connectivity index (χ2v) is 5.38. The molecule has 0 spiro atoms. The number of benzene rings is 1. The summed E-state index contributed by atoms with van der Waals surface area (Å²) in [5.41, 5.74) is 8.59. The number of nitrogens with two attached hydrogens (primary N) is 1. The highest BCUT2D eigenvalue weighted by atomic mass is 16.5. The predicted molar refractivity (Wildman–Crippen MR) is 79.0 cm³/mol. The Hall–Kier alpha value is -1.55. The molecule has 1 unspecified atom stereocenters. The molecule has 1 atom stereocenters. The maximum absolute atomic E-state index is 7.51. The van der Waals surface area contributed by atoms with E-state index in [0.717, 1.165) is 30.9 Å². The lowest BCUT2D eigenvalue weighted by Crippen LogP contribution is -2.30. The second-order valence-electron chi connectivity index (χ2n) is 5.38. The van der Waals surface area contributed by atoms with Crippen molar-refractivity contribution in [3.8, 4) is 0 Å². The van der Waals surface area contributed by atoms with E-state index >= 15 is 0 Å². The van der Waals surface area contributed by atoms with Gasteiger partial charge in [-0.05, 0) is 49.4 Å². The van der Waals surface area contributed by atoms with Crippen LogP contribution in [0, 0.1) is 18.3 Å². The number of nitrogens with one attached hydrogen (secondary N) is 1. The first kappa shape index (κ1) is 13.9. The van der Waals surface area contributed by atoms with Gasteiger partial charge in [0.05, 0.1) is 6.61 Å². The van der Waals surface area contributed by atoms with E-state index in [4.69, 9.17) is 15.9 Å². The number of hydrogen-bond acceptors (Lipinski definition) is 3. The molecule has 0 aliphatic carbocycles. The summed E-state index contributed by atoms with van der Waals surface area (Å²) in [7, 11) is 2.11. The second kappa shape index (κ2) is 6.06. The van der Waals surface area contributed by atoms with Gasteiger partial charge in [-0.25, -0.2) is 0 Å². The molecule has 1 aliphatic heterocycles. The van der Waals surface area contributed by atoms with Crippen molar-refractivity contribution in [3.63, 3.8) is 0 Å². The maximum Gasteiger partial charge on any atom is 0.123 e. The normalized spacial score (nSPS) is 19.2. The first-order valence-electron chi connectivity index (χ1n) is 6.82. The van der Waals surface area contributed by atoms with Crippen LogP contribution in [0.1, 0.15) is 24.0 Å². The highest BCUT2D eigenvalue weighted by molar-refractivity contribution is 5.96. The van der Waals surface area contributed by atoms with Crippen molar-refractivity contribution in [3.05, 3.63) is 29.3 Å². The average Bonchev–Trinajstić information content (AvgIpc) is 2.39. The molecule has 1 aliphatic rings. The van der Waals surface area contributed by atoms with E-state index in [1.165, 1.54) is 18.5 Å². The van der Waals surface area contributed by atoms with Crippen LogP contribution in [0.5, 0.6) is 0 Å². The fourth-order valence-electron chi connectivity index (χ4n) is 2.63. The number of ether oxygens (including phenoxy) is 1. The molecule has 19 heavy (non-hydrogen) atoms. The van der Waals surface area contributed by atoms with Crippen LogP contribution in [-0.4, -0.2) is 32.6 Å². The van der Waals surface area contributed by atoms with Gasteiger partial charge in [0, 0.05) is 31.5 Å². The molecular weight excluding hydrogens is 238 g/mol. The monoisotopic (exact) mass is 261 g/mol. The summed E-state index contributed by atoms with van der Waals surface area (Å²) in [6.45, 7) is 4.79. The Kier molecular flexibility index (Phi) is 4.43. The minimum atomic E-state index is 0.132. The van der Waals surface area contributed by atoms with Gasteiger partial charge in [0.2, 0.25) is 0 Å². The van der Waals surface area contributed by atoms with Crippen LogP contribution in [0.25, 0.3) is 0 Å². The molecule has 2 rings (SSSR count). The van der Waals surface area contributed by atoms with Crippen LogP contribution in [-0.2, 0) is 4.74 Å². The molecule has 1 saturated heterocycles. The van der Waals surface area contributed by atoms with Crippen LogP contribution in [0.2, 0.25) is 0 Å². The van der Waals surface area contributed by atoms with Gasteiger partial charge < -0.3 is 15.4 Å². The molecule has 0 radical (unpaired) electrons. The highest BCUT2D eigenvalue weighted by Gasteiger charge is 2.16. The van der Waals surface area contributed by atoms with E-state index in [1.807, 2.05) is 19.1 Å². The Morgan fingerprint density at radius 3 is 2.89 bits per heavy atom. The Morgan fingerprint density at radius 1 is 1.53 bits per heavy atom. The fourth-order valence-corrected chi connectivity index (χ4v) is 2.63. The Labute approximate surface area is 115 Å². The van der Waals surface area contributed by atoms with Crippen molar-refractivity contribution < 1.29 is 4.74 Å². The summed E-state index contributed by atoms with van der Waals surface area (Å²) in [4.78, 5) is 2.26. The summed E-state index contributed by atoms with van der Waals surface area (Å²) in [5, 5.41) is 7.51.